The Hall–Kier alpha value is -1.93. The van der Waals surface area contributed by atoms with Gasteiger partial charge in [0, 0.05) is 13.6 Å². The number of unbranched alkanes of at least 4 members (excludes halogenated alkanes) is 3. The number of rotatable bonds is 8. The molecule has 8 heteroatoms. The van der Waals surface area contributed by atoms with E-state index in [-0.39, 0.29) is 23.4 Å². The molecule has 0 fully saturated rings. The van der Waals surface area contributed by atoms with Crippen molar-refractivity contribution in [3.05, 3.63) is 27.2 Å². The Labute approximate surface area is 133 Å². The molecule has 2 rings (SSSR count). The summed E-state index contributed by atoms with van der Waals surface area (Å²) in [5.74, 6) is 0. The number of imidazole rings is 1. The molecule has 0 amide bonds. The Morgan fingerprint density at radius 2 is 2.00 bits per heavy atom. The maximum Gasteiger partial charge on any atom is 0.332 e. The molecule has 2 N–H and O–H groups in total. The Morgan fingerprint density at radius 3 is 2.65 bits per heavy atom. The van der Waals surface area contributed by atoms with Gasteiger partial charge in [-0.05, 0) is 6.42 Å². The zero-order valence-corrected chi connectivity index (χ0v) is 13.6. The Balaban J connectivity index is 2.45. The van der Waals surface area contributed by atoms with Crippen molar-refractivity contribution in [1.29, 1.82) is 0 Å². The van der Waals surface area contributed by atoms with E-state index < -0.39 is 18.3 Å². The van der Waals surface area contributed by atoms with Crippen molar-refractivity contribution < 1.29 is 10.2 Å². The first-order valence-corrected chi connectivity index (χ1v) is 7.94. The van der Waals surface area contributed by atoms with Crippen LogP contribution in [0.1, 0.15) is 32.6 Å². The van der Waals surface area contributed by atoms with Gasteiger partial charge in [-0.1, -0.05) is 26.2 Å². The van der Waals surface area contributed by atoms with Crippen LogP contribution in [0.2, 0.25) is 0 Å². The van der Waals surface area contributed by atoms with Crippen molar-refractivity contribution in [2.24, 2.45) is 7.05 Å². The van der Waals surface area contributed by atoms with Crippen LogP contribution in [0.5, 0.6) is 0 Å². The highest BCUT2D eigenvalue weighted by molar-refractivity contribution is 5.69. The lowest BCUT2D eigenvalue weighted by Crippen LogP contribution is -2.40. The number of aliphatic hydroxyl groups excluding tert-OH is 2. The summed E-state index contributed by atoms with van der Waals surface area (Å²) in [5, 5.41) is 18.6. The van der Waals surface area contributed by atoms with Crippen LogP contribution in [0.3, 0.4) is 0 Å². The van der Waals surface area contributed by atoms with Crippen molar-refractivity contribution in [2.45, 2.75) is 51.8 Å². The summed E-state index contributed by atoms with van der Waals surface area (Å²) < 4.78 is 4.06. The summed E-state index contributed by atoms with van der Waals surface area (Å²) in [6.45, 7) is 2.12. The minimum Gasteiger partial charge on any atom is -0.394 e. The second kappa shape index (κ2) is 7.56. The summed E-state index contributed by atoms with van der Waals surface area (Å²) in [7, 11) is 1.58. The monoisotopic (exact) mass is 324 g/mol. The van der Waals surface area contributed by atoms with Crippen molar-refractivity contribution in [3.63, 3.8) is 0 Å². The van der Waals surface area contributed by atoms with Crippen LogP contribution in [0.25, 0.3) is 11.2 Å². The molecule has 0 aromatic carbocycles. The van der Waals surface area contributed by atoms with E-state index in [1.807, 2.05) is 0 Å². The van der Waals surface area contributed by atoms with Crippen LogP contribution in [0.4, 0.5) is 0 Å². The van der Waals surface area contributed by atoms with Gasteiger partial charge in [0.15, 0.2) is 11.2 Å². The fourth-order valence-corrected chi connectivity index (χ4v) is 2.64. The van der Waals surface area contributed by atoms with Crippen LogP contribution >= 0.6 is 0 Å². The van der Waals surface area contributed by atoms with E-state index in [9.17, 15) is 14.7 Å². The van der Waals surface area contributed by atoms with Crippen LogP contribution in [0, 0.1) is 0 Å². The lowest BCUT2D eigenvalue weighted by molar-refractivity contribution is 0.0820. The molecule has 23 heavy (non-hydrogen) atoms. The van der Waals surface area contributed by atoms with Gasteiger partial charge in [0.1, 0.15) is 0 Å². The largest absolute Gasteiger partial charge is 0.394 e. The normalized spacial score (nSPS) is 12.9. The molecule has 0 saturated carbocycles. The highest BCUT2D eigenvalue weighted by Gasteiger charge is 2.17. The number of aryl methyl sites for hydroxylation is 1. The first-order chi connectivity index (χ1) is 11.0. The van der Waals surface area contributed by atoms with Gasteiger partial charge < -0.3 is 14.8 Å². The average Bonchev–Trinajstić information content (AvgIpc) is 2.95. The molecule has 0 spiro atoms. The minimum absolute atomic E-state index is 0.0519. The summed E-state index contributed by atoms with van der Waals surface area (Å²) in [4.78, 5) is 29.1. The van der Waals surface area contributed by atoms with Crippen molar-refractivity contribution >= 4 is 11.2 Å². The van der Waals surface area contributed by atoms with Gasteiger partial charge in [-0.25, -0.2) is 9.78 Å². The summed E-state index contributed by atoms with van der Waals surface area (Å²) in [5.41, 5.74) is -0.223. The second-order valence-corrected chi connectivity index (χ2v) is 5.76. The Morgan fingerprint density at radius 1 is 1.26 bits per heavy atom. The Bertz CT molecular complexity index is 774. The number of nitrogens with zero attached hydrogens (tertiary/aromatic N) is 4. The number of aliphatic hydroxyl groups is 2. The quantitative estimate of drug-likeness (QED) is 0.656. The molecule has 2 aromatic rings. The predicted octanol–water partition coefficient (Wildman–Crippen LogP) is -0.170. The van der Waals surface area contributed by atoms with Crippen molar-refractivity contribution in [1.82, 2.24) is 18.7 Å². The van der Waals surface area contributed by atoms with E-state index in [1.54, 1.807) is 7.05 Å². The highest BCUT2D eigenvalue weighted by Crippen LogP contribution is 2.07. The molecule has 128 valence electrons. The third-order valence-electron chi connectivity index (χ3n) is 3.96. The molecule has 0 saturated heterocycles. The maximum atomic E-state index is 12.7. The van der Waals surface area contributed by atoms with Crippen molar-refractivity contribution in [2.75, 3.05) is 6.61 Å². The van der Waals surface area contributed by atoms with E-state index in [4.69, 9.17) is 5.11 Å². The molecule has 0 unspecified atom stereocenters. The first-order valence-electron chi connectivity index (χ1n) is 7.94. The summed E-state index contributed by atoms with van der Waals surface area (Å²) in [6.07, 6.45) is 4.30. The van der Waals surface area contributed by atoms with Gasteiger partial charge in [0.25, 0.3) is 5.56 Å². The lowest BCUT2D eigenvalue weighted by atomic mass is 10.2. The Kier molecular flexibility index (Phi) is 5.73. The summed E-state index contributed by atoms with van der Waals surface area (Å²) in [6, 6.07) is 0. The SMILES string of the molecule is CCCCCCn1c(=O)c2c(ncn2C[C@@H](O)CO)n(C)c1=O. The zero-order chi connectivity index (χ0) is 17.0. The van der Waals surface area contributed by atoms with Gasteiger partial charge in [-0.2, -0.15) is 0 Å². The number of aromatic nitrogens is 4. The van der Waals surface area contributed by atoms with E-state index in [0.717, 1.165) is 25.7 Å². The number of hydrogen-bond donors (Lipinski definition) is 2. The predicted molar refractivity (Wildman–Crippen MR) is 86.5 cm³/mol. The number of hydrogen-bond acceptors (Lipinski definition) is 5. The molecule has 1 atom stereocenters. The average molecular weight is 324 g/mol. The molecule has 0 aliphatic rings. The molecule has 0 aliphatic heterocycles. The van der Waals surface area contributed by atoms with E-state index in [2.05, 4.69) is 11.9 Å². The van der Waals surface area contributed by atoms with Gasteiger partial charge in [-0.3, -0.25) is 13.9 Å². The molecule has 0 aliphatic carbocycles. The van der Waals surface area contributed by atoms with E-state index >= 15 is 0 Å². The van der Waals surface area contributed by atoms with Gasteiger partial charge in [-0.15, -0.1) is 0 Å². The van der Waals surface area contributed by atoms with Gasteiger partial charge in [0.2, 0.25) is 0 Å². The highest BCUT2D eigenvalue weighted by atomic mass is 16.3. The smallest absolute Gasteiger partial charge is 0.332 e. The van der Waals surface area contributed by atoms with E-state index in [1.165, 1.54) is 20.0 Å². The van der Waals surface area contributed by atoms with Crippen LogP contribution < -0.4 is 11.2 Å². The molecule has 8 nitrogen and oxygen atoms in total. The fourth-order valence-electron chi connectivity index (χ4n) is 2.64. The molecule has 2 aromatic heterocycles. The number of fused-ring (bicyclic) bond motifs is 1. The molecule has 0 bridgehead atoms. The van der Waals surface area contributed by atoms with Crippen LogP contribution in [0.15, 0.2) is 15.9 Å². The van der Waals surface area contributed by atoms with Gasteiger partial charge >= 0.3 is 5.69 Å². The van der Waals surface area contributed by atoms with Crippen LogP contribution in [-0.2, 0) is 20.1 Å². The molecular weight excluding hydrogens is 300 g/mol. The second-order valence-electron chi connectivity index (χ2n) is 5.76. The fraction of sp³-hybridized carbons (Fsp3) is 0.667. The minimum atomic E-state index is -0.984. The topological polar surface area (TPSA) is 102 Å². The standard InChI is InChI=1S/C15H24N4O4/c1-3-4-5-6-7-19-14(22)12-13(17(2)15(19)23)16-10-18(12)8-11(21)9-20/h10-11,20-21H,3-9H2,1-2H3/t11-/m1/s1. The van der Waals surface area contributed by atoms with Crippen molar-refractivity contribution in [3.8, 4) is 0 Å². The third kappa shape index (κ3) is 3.53. The molecule has 0 radical (unpaired) electrons. The maximum absolute atomic E-state index is 12.7. The molecular formula is C15H24N4O4. The first kappa shape index (κ1) is 17.4. The van der Waals surface area contributed by atoms with Crippen LogP contribution in [-0.4, -0.2) is 41.6 Å². The zero-order valence-electron chi connectivity index (χ0n) is 13.6. The molecule has 2 heterocycles. The van der Waals surface area contributed by atoms with E-state index in [0.29, 0.717) is 6.54 Å². The third-order valence-corrected chi connectivity index (χ3v) is 3.96. The van der Waals surface area contributed by atoms with Gasteiger partial charge in [0.05, 0.1) is 25.6 Å². The lowest BCUT2D eigenvalue weighted by Gasteiger charge is -2.11. The summed E-state index contributed by atoms with van der Waals surface area (Å²) >= 11 is 0.